The Morgan fingerprint density at radius 3 is 2.65 bits per heavy atom. The molecule has 4 nitrogen and oxygen atoms in total. The van der Waals surface area contributed by atoms with E-state index in [9.17, 15) is 4.79 Å². The van der Waals surface area contributed by atoms with Crippen molar-refractivity contribution in [2.45, 2.75) is 27.3 Å². The van der Waals surface area contributed by atoms with E-state index in [0.717, 1.165) is 28.0 Å². The maximum atomic E-state index is 11.9. The fourth-order valence-electron chi connectivity index (χ4n) is 2.31. The van der Waals surface area contributed by atoms with Gasteiger partial charge >= 0.3 is 0 Å². The van der Waals surface area contributed by atoms with Crippen molar-refractivity contribution in [2.24, 2.45) is 0 Å². The summed E-state index contributed by atoms with van der Waals surface area (Å²) in [6.07, 6.45) is 1.49. The van der Waals surface area contributed by atoms with Crippen LogP contribution in [0.5, 0.6) is 5.75 Å². The molecule has 0 fully saturated rings. The lowest BCUT2D eigenvalue weighted by atomic mass is 9.98. The third kappa shape index (κ3) is 2.69. The molecule has 0 spiro atoms. The van der Waals surface area contributed by atoms with E-state index in [4.69, 9.17) is 9.15 Å². The largest absolute Gasteiger partial charge is 0.496 e. The smallest absolute Gasteiger partial charge is 0.287 e. The molecular formula is C16H19NO3. The number of methoxy groups -OCH3 is 1. The van der Waals surface area contributed by atoms with Crippen LogP contribution >= 0.6 is 0 Å². The zero-order valence-electron chi connectivity index (χ0n) is 12.2. The van der Waals surface area contributed by atoms with Gasteiger partial charge in [0.2, 0.25) is 0 Å². The summed E-state index contributed by atoms with van der Waals surface area (Å²) in [7, 11) is 1.67. The number of aryl methyl sites for hydroxylation is 1. The summed E-state index contributed by atoms with van der Waals surface area (Å²) in [4.78, 5) is 11.9. The van der Waals surface area contributed by atoms with Gasteiger partial charge in [-0.05, 0) is 55.2 Å². The van der Waals surface area contributed by atoms with Gasteiger partial charge in [-0.15, -0.1) is 0 Å². The van der Waals surface area contributed by atoms with Crippen LogP contribution in [0.25, 0.3) is 0 Å². The van der Waals surface area contributed by atoms with Crippen LogP contribution in [-0.4, -0.2) is 13.0 Å². The Morgan fingerprint density at radius 2 is 2.05 bits per heavy atom. The Balaban J connectivity index is 2.16. The van der Waals surface area contributed by atoms with Crippen molar-refractivity contribution >= 4 is 5.91 Å². The van der Waals surface area contributed by atoms with Gasteiger partial charge in [0, 0.05) is 6.54 Å². The third-order valence-electron chi connectivity index (χ3n) is 3.52. The Labute approximate surface area is 118 Å². The highest BCUT2D eigenvalue weighted by Gasteiger charge is 2.12. The normalized spacial score (nSPS) is 10.4. The molecule has 0 aliphatic carbocycles. The van der Waals surface area contributed by atoms with Crippen molar-refractivity contribution < 1.29 is 13.9 Å². The molecule has 4 heteroatoms. The predicted molar refractivity (Wildman–Crippen MR) is 77.1 cm³/mol. The van der Waals surface area contributed by atoms with Crippen LogP contribution in [0.4, 0.5) is 0 Å². The monoisotopic (exact) mass is 273 g/mol. The minimum Gasteiger partial charge on any atom is -0.496 e. The van der Waals surface area contributed by atoms with Crippen molar-refractivity contribution in [3.63, 3.8) is 0 Å². The van der Waals surface area contributed by atoms with Crippen molar-refractivity contribution in [1.82, 2.24) is 5.32 Å². The van der Waals surface area contributed by atoms with Gasteiger partial charge in [-0.1, -0.05) is 6.07 Å². The minimum absolute atomic E-state index is 0.208. The first-order valence-electron chi connectivity index (χ1n) is 6.50. The molecule has 0 saturated heterocycles. The average molecular weight is 273 g/mol. The van der Waals surface area contributed by atoms with Crippen LogP contribution in [0.2, 0.25) is 0 Å². The number of benzene rings is 1. The van der Waals surface area contributed by atoms with E-state index in [-0.39, 0.29) is 5.91 Å². The van der Waals surface area contributed by atoms with Crippen LogP contribution < -0.4 is 10.1 Å². The molecule has 0 aliphatic heterocycles. The zero-order valence-corrected chi connectivity index (χ0v) is 12.2. The topological polar surface area (TPSA) is 51.5 Å². The lowest BCUT2D eigenvalue weighted by Gasteiger charge is -2.15. The number of hydrogen-bond donors (Lipinski definition) is 1. The van der Waals surface area contributed by atoms with E-state index in [1.165, 1.54) is 6.26 Å². The molecule has 1 amide bonds. The number of ether oxygens (including phenoxy) is 1. The van der Waals surface area contributed by atoms with Crippen molar-refractivity contribution in [2.75, 3.05) is 7.11 Å². The molecule has 2 rings (SSSR count). The minimum atomic E-state index is -0.208. The van der Waals surface area contributed by atoms with Crippen molar-refractivity contribution in [3.05, 3.63) is 52.5 Å². The summed E-state index contributed by atoms with van der Waals surface area (Å²) < 4.78 is 10.5. The van der Waals surface area contributed by atoms with Crippen LogP contribution in [0.3, 0.4) is 0 Å². The Bertz CT molecular complexity index is 615. The number of hydrogen-bond acceptors (Lipinski definition) is 3. The number of nitrogens with one attached hydrogen (secondary N) is 1. The van der Waals surface area contributed by atoms with Gasteiger partial charge in [0.15, 0.2) is 5.76 Å². The van der Waals surface area contributed by atoms with Gasteiger partial charge in [-0.3, -0.25) is 4.79 Å². The zero-order chi connectivity index (χ0) is 14.7. The first-order valence-corrected chi connectivity index (χ1v) is 6.50. The molecule has 0 unspecified atom stereocenters. The Kier molecular flexibility index (Phi) is 4.13. The molecule has 1 N–H and O–H groups in total. The van der Waals surface area contributed by atoms with Gasteiger partial charge in [0.1, 0.15) is 5.75 Å². The first-order chi connectivity index (χ1) is 9.54. The molecule has 0 aliphatic rings. The number of carbonyl (C=O) groups is 1. The van der Waals surface area contributed by atoms with Crippen LogP contribution in [0.15, 0.2) is 28.9 Å². The summed E-state index contributed by atoms with van der Waals surface area (Å²) in [6.45, 7) is 6.53. The number of rotatable bonds is 4. The maximum absolute atomic E-state index is 11.9. The molecule has 0 atom stereocenters. The molecule has 1 aromatic carbocycles. The van der Waals surface area contributed by atoms with E-state index in [1.807, 2.05) is 26.8 Å². The highest BCUT2D eigenvalue weighted by Crippen LogP contribution is 2.28. The second kappa shape index (κ2) is 5.82. The highest BCUT2D eigenvalue weighted by atomic mass is 16.5. The average Bonchev–Trinajstić information content (AvgIpc) is 2.95. The second-order valence-electron chi connectivity index (χ2n) is 4.80. The molecule has 0 bridgehead atoms. The molecular weight excluding hydrogens is 254 g/mol. The number of carbonyl (C=O) groups excluding carboxylic acids is 1. The van der Waals surface area contributed by atoms with E-state index in [0.29, 0.717) is 12.3 Å². The van der Waals surface area contributed by atoms with Gasteiger partial charge in [-0.25, -0.2) is 0 Å². The van der Waals surface area contributed by atoms with Gasteiger partial charge < -0.3 is 14.5 Å². The Hall–Kier alpha value is -2.23. The summed E-state index contributed by atoms with van der Waals surface area (Å²) in [5.41, 5.74) is 4.39. The quantitative estimate of drug-likeness (QED) is 0.931. The van der Waals surface area contributed by atoms with E-state index < -0.39 is 0 Å². The SMILES string of the molecule is COc1c(C)cc(CNC(=O)c2ccco2)c(C)c1C. The van der Waals surface area contributed by atoms with Gasteiger partial charge in [-0.2, -0.15) is 0 Å². The summed E-state index contributed by atoms with van der Waals surface area (Å²) in [6, 6.07) is 5.39. The van der Waals surface area contributed by atoms with Crippen LogP contribution in [-0.2, 0) is 6.54 Å². The first kappa shape index (κ1) is 14.2. The predicted octanol–water partition coefficient (Wildman–Crippen LogP) is 3.14. The third-order valence-corrected chi connectivity index (χ3v) is 3.52. The maximum Gasteiger partial charge on any atom is 0.287 e. The van der Waals surface area contributed by atoms with Crippen LogP contribution in [0, 0.1) is 20.8 Å². The summed E-state index contributed by atoms with van der Waals surface area (Å²) in [5.74, 6) is 1.02. The lowest BCUT2D eigenvalue weighted by molar-refractivity contribution is 0.0923. The van der Waals surface area contributed by atoms with Crippen molar-refractivity contribution in [3.8, 4) is 5.75 Å². The molecule has 20 heavy (non-hydrogen) atoms. The number of amides is 1. The number of furan rings is 1. The van der Waals surface area contributed by atoms with E-state index in [2.05, 4.69) is 5.32 Å². The lowest BCUT2D eigenvalue weighted by Crippen LogP contribution is -2.23. The molecule has 0 radical (unpaired) electrons. The molecule has 106 valence electrons. The van der Waals surface area contributed by atoms with E-state index >= 15 is 0 Å². The summed E-state index contributed by atoms with van der Waals surface area (Å²) in [5, 5.41) is 2.86. The molecule has 0 saturated carbocycles. The summed E-state index contributed by atoms with van der Waals surface area (Å²) >= 11 is 0. The highest BCUT2D eigenvalue weighted by molar-refractivity contribution is 5.91. The molecule has 1 aromatic heterocycles. The van der Waals surface area contributed by atoms with Crippen LogP contribution in [0.1, 0.15) is 32.8 Å². The molecule has 2 aromatic rings. The van der Waals surface area contributed by atoms with E-state index in [1.54, 1.807) is 19.2 Å². The standard InChI is InChI=1S/C16H19NO3/c1-10-8-13(11(2)12(3)15(10)19-4)9-17-16(18)14-6-5-7-20-14/h5-8H,9H2,1-4H3,(H,17,18). The fourth-order valence-corrected chi connectivity index (χ4v) is 2.31. The van der Waals surface area contributed by atoms with Gasteiger partial charge in [0.05, 0.1) is 13.4 Å². The fraction of sp³-hybridized carbons (Fsp3) is 0.312. The Morgan fingerprint density at radius 1 is 1.30 bits per heavy atom. The molecule has 1 heterocycles. The second-order valence-corrected chi connectivity index (χ2v) is 4.80. The van der Waals surface area contributed by atoms with Crippen molar-refractivity contribution in [1.29, 1.82) is 0 Å². The van der Waals surface area contributed by atoms with Gasteiger partial charge in [0.25, 0.3) is 5.91 Å².